The number of carbonyl (C=O) groups excluding carboxylic acids is 3. The summed E-state index contributed by atoms with van der Waals surface area (Å²) in [4.78, 5) is 39.4. The Hall–Kier alpha value is -2.63. The molecule has 3 fully saturated rings. The molecule has 3 amide bonds. The van der Waals surface area contributed by atoms with Crippen molar-refractivity contribution in [2.75, 3.05) is 18.5 Å². The molecule has 146 valence electrons. The molecule has 6 rings (SSSR count). The molecule has 0 radical (unpaired) electrons. The lowest BCUT2D eigenvalue weighted by molar-refractivity contribution is -0.140. The highest BCUT2D eigenvalue weighted by molar-refractivity contribution is 6.06. The number of hydrogen-bond acceptors (Lipinski definition) is 4. The fourth-order valence-corrected chi connectivity index (χ4v) is 5.48. The number of imide groups is 1. The molecule has 1 aliphatic heterocycles. The summed E-state index contributed by atoms with van der Waals surface area (Å²) in [5.74, 6) is 1.63. The molecule has 1 saturated heterocycles. The third kappa shape index (κ3) is 2.65. The first-order valence-corrected chi connectivity index (χ1v) is 10.1. The fraction of sp³-hybridized carbons (Fsp3) is 0.500. The quantitative estimate of drug-likeness (QED) is 0.608. The molecule has 6 atom stereocenters. The van der Waals surface area contributed by atoms with Gasteiger partial charge in [0.2, 0.25) is 17.7 Å². The van der Waals surface area contributed by atoms with Gasteiger partial charge in [-0.15, -0.1) is 0 Å². The Morgan fingerprint density at radius 1 is 1.07 bits per heavy atom. The molecule has 6 nitrogen and oxygen atoms in total. The molecule has 2 bridgehead atoms. The summed E-state index contributed by atoms with van der Waals surface area (Å²) in [6, 6.07) is 7.15. The van der Waals surface area contributed by atoms with Gasteiger partial charge < -0.3 is 10.1 Å². The number of benzene rings is 1. The first-order valence-electron chi connectivity index (χ1n) is 10.1. The summed E-state index contributed by atoms with van der Waals surface area (Å²) in [7, 11) is 0. The van der Waals surface area contributed by atoms with Crippen molar-refractivity contribution >= 4 is 23.4 Å². The van der Waals surface area contributed by atoms with Crippen molar-refractivity contribution in [2.45, 2.75) is 19.8 Å². The van der Waals surface area contributed by atoms with Crippen LogP contribution in [-0.2, 0) is 14.4 Å². The van der Waals surface area contributed by atoms with E-state index in [0.29, 0.717) is 24.1 Å². The number of rotatable bonds is 6. The Bertz CT molecular complexity index is 826. The van der Waals surface area contributed by atoms with E-state index in [1.807, 2.05) is 6.92 Å². The Morgan fingerprint density at radius 3 is 2.25 bits per heavy atom. The SMILES string of the molecule is CCOc1ccc(NC(=O)CCN2C(=O)[C@@H]3[C@H]4C=C[C@@H]([C@@H]5C[C@@H]45)[C@@H]3C2=O)cc1. The van der Waals surface area contributed by atoms with Gasteiger partial charge in [0.1, 0.15) is 5.75 Å². The first-order chi connectivity index (χ1) is 13.6. The monoisotopic (exact) mass is 380 g/mol. The summed E-state index contributed by atoms with van der Waals surface area (Å²) in [6.45, 7) is 2.66. The van der Waals surface area contributed by atoms with Crippen LogP contribution in [0.25, 0.3) is 0 Å². The van der Waals surface area contributed by atoms with Gasteiger partial charge >= 0.3 is 0 Å². The molecule has 1 aromatic carbocycles. The number of hydrogen-bond donors (Lipinski definition) is 1. The van der Waals surface area contributed by atoms with Gasteiger partial charge in [-0.2, -0.15) is 0 Å². The number of amides is 3. The number of nitrogens with one attached hydrogen (secondary N) is 1. The van der Waals surface area contributed by atoms with Gasteiger partial charge in [-0.25, -0.2) is 0 Å². The predicted molar refractivity (Wildman–Crippen MR) is 102 cm³/mol. The molecule has 1 aromatic rings. The van der Waals surface area contributed by atoms with Crippen LogP contribution in [0.1, 0.15) is 19.8 Å². The lowest BCUT2D eigenvalue weighted by atomic mass is 9.63. The van der Waals surface area contributed by atoms with Gasteiger partial charge in [0, 0.05) is 18.7 Å². The lowest BCUT2D eigenvalue weighted by Gasteiger charge is -2.37. The highest BCUT2D eigenvalue weighted by atomic mass is 16.5. The molecule has 5 aliphatic rings. The van der Waals surface area contributed by atoms with Crippen LogP contribution in [0.2, 0.25) is 0 Å². The second-order valence-corrected chi connectivity index (χ2v) is 8.24. The summed E-state index contributed by atoms with van der Waals surface area (Å²) in [6.07, 6.45) is 5.58. The van der Waals surface area contributed by atoms with Crippen LogP contribution in [-0.4, -0.2) is 35.8 Å². The maximum absolute atomic E-state index is 12.9. The van der Waals surface area contributed by atoms with E-state index in [-0.39, 0.29) is 54.4 Å². The normalized spacial score (nSPS) is 34.2. The average Bonchev–Trinajstić information content (AvgIpc) is 3.47. The van der Waals surface area contributed by atoms with E-state index < -0.39 is 0 Å². The van der Waals surface area contributed by atoms with Gasteiger partial charge in [0.25, 0.3) is 0 Å². The van der Waals surface area contributed by atoms with Crippen molar-refractivity contribution < 1.29 is 19.1 Å². The van der Waals surface area contributed by atoms with Crippen LogP contribution < -0.4 is 10.1 Å². The van der Waals surface area contributed by atoms with Crippen molar-refractivity contribution in [1.29, 1.82) is 0 Å². The number of anilines is 1. The van der Waals surface area contributed by atoms with Crippen LogP contribution in [0, 0.1) is 35.5 Å². The summed E-state index contributed by atoms with van der Waals surface area (Å²) < 4.78 is 5.38. The zero-order valence-corrected chi connectivity index (χ0v) is 15.8. The second-order valence-electron chi connectivity index (χ2n) is 8.24. The summed E-state index contributed by atoms with van der Waals surface area (Å²) in [5.41, 5.74) is 0.670. The van der Waals surface area contributed by atoms with Crippen LogP contribution in [0.5, 0.6) is 5.75 Å². The Kier molecular flexibility index (Phi) is 4.03. The third-order valence-electron chi connectivity index (χ3n) is 6.77. The number of likely N-dealkylation sites (tertiary alicyclic amines) is 1. The lowest BCUT2D eigenvalue weighted by Crippen LogP contribution is -2.40. The average molecular weight is 380 g/mol. The van der Waals surface area contributed by atoms with E-state index in [2.05, 4.69) is 17.5 Å². The highest BCUT2D eigenvalue weighted by Crippen LogP contribution is 2.65. The van der Waals surface area contributed by atoms with Crippen LogP contribution >= 0.6 is 0 Å². The van der Waals surface area contributed by atoms with Gasteiger partial charge in [-0.1, -0.05) is 12.2 Å². The summed E-state index contributed by atoms with van der Waals surface area (Å²) in [5, 5.41) is 2.82. The fourth-order valence-electron chi connectivity index (χ4n) is 5.48. The van der Waals surface area contributed by atoms with Gasteiger partial charge in [0.15, 0.2) is 0 Å². The molecule has 2 saturated carbocycles. The number of carbonyl (C=O) groups is 3. The summed E-state index contributed by atoms with van der Waals surface area (Å²) >= 11 is 0. The van der Waals surface area contributed by atoms with E-state index in [0.717, 1.165) is 12.2 Å². The smallest absolute Gasteiger partial charge is 0.233 e. The standard InChI is InChI=1S/C22H24N2O4/c1-2-28-13-5-3-12(4-6-13)23-18(25)9-10-24-21(26)19-14-7-8-15(17-11-16(14)17)20(19)22(24)27/h3-8,14-17,19-20H,2,9-11H2,1H3,(H,23,25)/t14-,15-,16-,17-,19-,20+/m0/s1. The molecular weight excluding hydrogens is 356 g/mol. The molecular formula is C22H24N2O4. The molecule has 6 heteroatoms. The third-order valence-corrected chi connectivity index (χ3v) is 6.77. The zero-order valence-electron chi connectivity index (χ0n) is 15.8. The van der Waals surface area contributed by atoms with Crippen molar-refractivity contribution in [3.8, 4) is 5.75 Å². The predicted octanol–water partition coefficient (Wildman–Crippen LogP) is 2.47. The molecule has 0 spiro atoms. The van der Waals surface area contributed by atoms with E-state index in [9.17, 15) is 14.4 Å². The van der Waals surface area contributed by atoms with Crippen molar-refractivity contribution in [2.24, 2.45) is 35.5 Å². The Balaban J connectivity index is 1.20. The van der Waals surface area contributed by atoms with Crippen LogP contribution in [0.15, 0.2) is 36.4 Å². The highest BCUT2D eigenvalue weighted by Gasteiger charge is 2.66. The second kappa shape index (κ2) is 6.47. The zero-order chi connectivity index (χ0) is 19.4. The molecule has 1 N–H and O–H groups in total. The number of allylic oxidation sites excluding steroid dienone is 2. The van der Waals surface area contributed by atoms with Crippen LogP contribution in [0.3, 0.4) is 0 Å². The maximum atomic E-state index is 12.9. The van der Waals surface area contributed by atoms with Crippen molar-refractivity contribution in [3.63, 3.8) is 0 Å². The molecule has 0 unspecified atom stereocenters. The van der Waals surface area contributed by atoms with Gasteiger partial charge in [-0.3, -0.25) is 19.3 Å². The first kappa shape index (κ1) is 17.5. The number of nitrogens with zero attached hydrogens (tertiary/aromatic N) is 1. The van der Waals surface area contributed by atoms with E-state index in [1.165, 1.54) is 4.90 Å². The Morgan fingerprint density at radius 2 is 1.68 bits per heavy atom. The molecule has 1 heterocycles. The van der Waals surface area contributed by atoms with Crippen molar-refractivity contribution in [1.82, 2.24) is 4.90 Å². The van der Waals surface area contributed by atoms with Gasteiger partial charge in [-0.05, 0) is 61.3 Å². The molecule has 0 aromatic heterocycles. The number of ether oxygens (including phenoxy) is 1. The van der Waals surface area contributed by atoms with Crippen LogP contribution in [0.4, 0.5) is 5.69 Å². The molecule has 4 aliphatic carbocycles. The maximum Gasteiger partial charge on any atom is 0.233 e. The van der Waals surface area contributed by atoms with E-state index >= 15 is 0 Å². The minimum Gasteiger partial charge on any atom is -0.494 e. The largest absolute Gasteiger partial charge is 0.494 e. The topological polar surface area (TPSA) is 75.7 Å². The minimum absolute atomic E-state index is 0.0754. The Labute approximate surface area is 163 Å². The minimum atomic E-state index is -0.205. The van der Waals surface area contributed by atoms with E-state index in [1.54, 1.807) is 24.3 Å². The van der Waals surface area contributed by atoms with Crippen molar-refractivity contribution in [3.05, 3.63) is 36.4 Å². The van der Waals surface area contributed by atoms with E-state index in [4.69, 9.17) is 4.74 Å². The van der Waals surface area contributed by atoms with Gasteiger partial charge in [0.05, 0.1) is 18.4 Å². The molecule has 28 heavy (non-hydrogen) atoms.